The van der Waals surface area contributed by atoms with Gasteiger partial charge in [0.1, 0.15) is 5.54 Å². The number of carboxylic acid groups (broad SMARTS) is 1. The Kier molecular flexibility index (Phi) is 4.66. The molecular formula is C12H14Cl2N2O3. The molecule has 0 aliphatic heterocycles. The maximum atomic E-state index is 12.0. The molecule has 0 radical (unpaired) electrons. The van der Waals surface area contributed by atoms with Crippen molar-refractivity contribution in [2.24, 2.45) is 0 Å². The summed E-state index contributed by atoms with van der Waals surface area (Å²) in [5.74, 6) is -1.10. The standard InChI is InChI=1S/C12H14Cl2N2O3/c1-12(2,10(17)18)16(3)11(19)15-9-5-7(13)4-8(14)6-9/h4-6H,1-3H3,(H,15,19)(H,17,18). The summed E-state index contributed by atoms with van der Waals surface area (Å²) in [6.07, 6.45) is 0. The van der Waals surface area contributed by atoms with Crippen LogP contribution in [-0.2, 0) is 4.79 Å². The zero-order valence-corrected chi connectivity index (χ0v) is 12.2. The fraction of sp³-hybridized carbons (Fsp3) is 0.333. The van der Waals surface area contributed by atoms with Crippen LogP contribution in [0.3, 0.4) is 0 Å². The first kappa shape index (κ1) is 15.6. The van der Waals surface area contributed by atoms with E-state index in [1.54, 1.807) is 0 Å². The SMILES string of the molecule is CN(C(=O)Nc1cc(Cl)cc(Cl)c1)C(C)(C)C(=O)O. The molecule has 104 valence electrons. The Bertz CT molecular complexity index is 497. The van der Waals surface area contributed by atoms with Gasteiger partial charge in [0.25, 0.3) is 0 Å². The summed E-state index contributed by atoms with van der Waals surface area (Å²) in [7, 11) is 1.40. The van der Waals surface area contributed by atoms with Crippen LogP contribution < -0.4 is 5.32 Å². The number of urea groups is 1. The third-order valence-electron chi connectivity index (χ3n) is 2.78. The number of carbonyl (C=O) groups is 2. The molecule has 0 atom stereocenters. The van der Waals surface area contributed by atoms with Crippen molar-refractivity contribution < 1.29 is 14.7 Å². The second-order valence-electron chi connectivity index (χ2n) is 4.51. The second-order valence-corrected chi connectivity index (χ2v) is 5.38. The highest BCUT2D eigenvalue weighted by atomic mass is 35.5. The molecule has 1 aromatic carbocycles. The van der Waals surface area contributed by atoms with E-state index in [1.807, 2.05) is 0 Å². The van der Waals surface area contributed by atoms with Crippen LogP contribution in [0.4, 0.5) is 10.5 Å². The lowest BCUT2D eigenvalue weighted by atomic mass is 10.1. The molecule has 5 nitrogen and oxygen atoms in total. The van der Waals surface area contributed by atoms with E-state index in [9.17, 15) is 9.59 Å². The van der Waals surface area contributed by atoms with Crippen molar-refractivity contribution in [2.75, 3.05) is 12.4 Å². The van der Waals surface area contributed by atoms with Gasteiger partial charge in [0.2, 0.25) is 0 Å². The molecule has 0 saturated heterocycles. The van der Waals surface area contributed by atoms with Crippen LogP contribution in [-0.4, -0.2) is 34.6 Å². The van der Waals surface area contributed by atoms with Gasteiger partial charge in [0.05, 0.1) is 0 Å². The summed E-state index contributed by atoms with van der Waals surface area (Å²) in [6.45, 7) is 2.86. The molecule has 0 aromatic heterocycles. The number of nitrogens with zero attached hydrogens (tertiary/aromatic N) is 1. The molecule has 1 rings (SSSR count). The minimum Gasteiger partial charge on any atom is -0.480 e. The van der Waals surface area contributed by atoms with Crippen molar-refractivity contribution in [1.82, 2.24) is 4.90 Å². The monoisotopic (exact) mass is 304 g/mol. The number of aliphatic carboxylic acids is 1. The van der Waals surface area contributed by atoms with E-state index in [0.29, 0.717) is 15.7 Å². The van der Waals surface area contributed by atoms with Crippen LogP contribution in [0.5, 0.6) is 0 Å². The molecule has 0 unspecified atom stereocenters. The van der Waals surface area contributed by atoms with Gasteiger partial charge in [-0.05, 0) is 32.0 Å². The molecule has 2 N–H and O–H groups in total. The number of hydrogen-bond acceptors (Lipinski definition) is 2. The van der Waals surface area contributed by atoms with Gasteiger partial charge in [-0.2, -0.15) is 0 Å². The third kappa shape index (κ3) is 3.75. The van der Waals surface area contributed by atoms with Crippen molar-refractivity contribution in [1.29, 1.82) is 0 Å². The molecule has 2 amide bonds. The van der Waals surface area contributed by atoms with Crippen LogP contribution in [0.15, 0.2) is 18.2 Å². The number of carboxylic acids is 1. The Hall–Kier alpha value is -1.46. The lowest BCUT2D eigenvalue weighted by Crippen LogP contribution is -2.52. The zero-order valence-electron chi connectivity index (χ0n) is 10.7. The minimum atomic E-state index is -1.33. The summed E-state index contributed by atoms with van der Waals surface area (Å²) < 4.78 is 0. The van der Waals surface area contributed by atoms with E-state index >= 15 is 0 Å². The Labute approximate surface area is 121 Å². The quantitative estimate of drug-likeness (QED) is 0.900. The largest absolute Gasteiger partial charge is 0.480 e. The number of amides is 2. The van der Waals surface area contributed by atoms with Gasteiger partial charge in [-0.1, -0.05) is 23.2 Å². The van der Waals surface area contributed by atoms with Crippen LogP contribution in [0.2, 0.25) is 10.0 Å². The number of anilines is 1. The molecule has 0 spiro atoms. The second kappa shape index (κ2) is 5.67. The number of rotatable bonds is 3. The number of benzene rings is 1. The van der Waals surface area contributed by atoms with Gasteiger partial charge in [-0.25, -0.2) is 9.59 Å². The van der Waals surface area contributed by atoms with Crippen LogP contribution in [0, 0.1) is 0 Å². The number of halogens is 2. The maximum Gasteiger partial charge on any atom is 0.329 e. The Morgan fingerprint density at radius 2 is 1.68 bits per heavy atom. The maximum absolute atomic E-state index is 12.0. The van der Waals surface area contributed by atoms with Crippen LogP contribution in [0.25, 0.3) is 0 Å². The van der Waals surface area contributed by atoms with E-state index < -0.39 is 17.5 Å². The normalized spacial score (nSPS) is 11.0. The molecule has 1 aromatic rings. The summed E-state index contributed by atoms with van der Waals surface area (Å²) in [4.78, 5) is 24.1. The zero-order chi connectivity index (χ0) is 14.8. The first-order valence-electron chi connectivity index (χ1n) is 5.39. The summed E-state index contributed by atoms with van der Waals surface area (Å²) >= 11 is 11.6. The fourth-order valence-electron chi connectivity index (χ4n) is 1.23. The predicted molar refractivity (Wildman–Crippen MR) is 75.0 cm³/mol. The molecular weight excluding hydrogens is 291 g/mol. The molecule has 0 aliphatic carbocycles. The summed E-state index contributed by atoms with van der Waals surface area (Å²) in [5.41, 5.74) is -0.928. The summed E-state index contributed by atoms with van der Waals surface area (Å²) in [5, 5.41) is 12.3. The molecule has 0 saturated carbocycles. The lowest BCUT2D eigenvalue weighted by Gasteiger charge is -2.31. The van der Waals surface area contributed by atoms with Crippen molar-refractivity contribution in [3.8, 4) is 0 Å². The Balaban J connectivity index is 2.88. The van der Waals surface area contributed by atoms with Crippen molar-refractivity contribution in [3.05, 3.63) is 28.2 Å². The first-order valence-corrected chi connectivity index (χ1v) is 6.14. The van der Waals surface area contributed by atoms with Crippen molar-refractivity contribution >= 4 is 40.9 Å². The number of carbonyl (C=O) groups excluding carboxylic acids is 1. The van der Waals surface area contributed by atoms with Gasteiger partial charge in [0.15, 0.2) is 0 Å². The lowest BCUT2D eigenvalue weighted by molar-refractivity contribution is -0.146. The fourth-order valence-corrected chi connectivity index (χ4v) is 1.76. The molecule has 0 aliphatic rings. The Morgan fingerprint density at radius 1 is 1.21 bits per heavy atom. The smallest absolute Gasteiger partial charge is 0.329 e. The average Bonchev–Trinajstić information content (AvgIpc) is 2.25. The van der Waals surface area contributed by atoms with Gasteiger partial charge in [-0.3, -0.25) is 0 Å². The van der Waals surface area contributed by atoms with E-state index in [0.717, 1.165) is 4.90 Å². The Morgan fingerprint density at radius 3 is 2.11 bits per heavy atom. The predicted octanol–water partition coefficient (Wildman–Crippen LogP) is 3.32. The van der Waals surface area contributed by atoms with Gasteiger partial charge in [-0.15, -0.1) is 0 Å². The topological polar surface area (TPSA) is 69.6 Å². The highest BCUT2D eigenvalue weighted by Crippen LogP contribution is 2.23. The average molecular weight is 305 g/mol. The highest BCUT2D eigenvalue weighted by molar-refractivity contribution is 6.35. The molecule has 19 heavy (non-hydrogen) atoms. The molecule has 7 heteroatoms. The van der Waals surface area contributed by atoms with E-state index in [2.05, 4.69) is 5.32 Å². The highest BCUT2D eigenvalue weighted by Gasteiger charge is 2.35. The van der Waals surface area contributed by atoms with E-state index in [4.69, 9.17) is 28.3 Å². The summed E-state index contributed by atoms with van der Waals surface area (Å²) in [6, 6.07) is 4.01. The van der Waals surface area contributed by atoms with Crippen LogP contribution >= 0.6 is 23.2 Å². The van der Waals surface area contributed by atoms with E-state index in [1.165, 1.54) is 39.1 Å². The van der Waals surface area contributed by atoms with Crippen molar-refractivity contribution in [2.45, 2.75) is 19.4 Å². The van der Waals surface area contributed by atoms with Crippen LogP contribution in [0.1, 0.15) is 13.8 Å². The molecule has 0 heterocycles. The third-order valence-corrected chi connectivity index (χ3v) is 3.22. The first-order chi connectivity index (χ1) is 8.64. The number of likely N-dealkylation sites (N-methyl/N-ethyl adjacent to an activating group) is 1. The van der Waals surface area contributed by atoms with Crippen molar-refractivity contribution in [3.63, 3.8) is 0 Å². The molecule has 0 bridgehead atoms. The van der Waals surface area contributed by atoms with Gasteiger partial charge < -0.3 is 15.3 Å². The van der Waals surface area contributed by atoms with Gasteiger partial charge in [0, 0.05) is 22.8 Å². The van der Waals surface area contributed by atoms with E-state index in [-0.39, 0.29) is 0 Å². The number of nitrogens with one attached hydrogen (secondary N) is 1. The number of hydrogen-bond donors (Lipinski definition) is 2. The van der Waals surface area contributed by atoms with Gasteiger partial charge >= 0.3 is 12.0 Å². The molecule has 0 fully saturated rings. The minimum absolute atomic E-state index is 0.378.